The van der Waals surface area contributed by atoms with Crippen molar-refractivity contribution >= 4 is 30.7 Å². The molecular formula is C21H35Cl2N3O2. The van der Waals surface area contributed by atoms with Crippen molar-refractivity contribution in [1.29, 1.82) is 0 Å². The fourth-order valence-electron chi connectivity index (χ4n) is 3.97. The van der Waals surface area contributed by atoms with E-state index in [0.717, 1.165) is 45.9 Å². The Morgan fingerprint density at radius 3 is 2.64 bits per heavy atom. The quantitative estimate of drug-likeness (QED) is 0.696. The van der Waals surface area contributed by atoms with E-state index in [4.69, 9.17) is 4.74 Å². The standard InChI is InChI=1S/C21H33N3O2.2ClH/c1-17(18-7-4-8-22-14-18)13-21(25)23-15-19-5-2-3-6-20(19)16-24-9-11-26-12-10-24;;/h2-3,5-6,17-18,22H,4,7-16H2,1H3,(H,23,25);2*1H. The first-order valence-electron chi connectivity index (χ1n) is 10.1. The Labute approximate surface area is 181 Å². The summed E-state index contributed by atoms with van der Waals surface area (Å²) < 4.78 is 5.43. The molecule has 2 unspecified atom stereocenters. The lowest BCUT2D eigenvalue weighted by Crippen LogP contribution is -2.36. The molecule has 0 radical (unpaired) electrons. The molecule has 0 aromatic heterocycles. The van der Waals surface area contributed by atoms with Gasteiger partial charge in [0, 0.05) is 32.6 Å². The van der Waals surface area contributed by atoms with Crippen LogP contribution in [0.1, 0.15) is 37.3 Å². The van der Waals surface area contributed by atoms with Crippen molar-refractivity contribution in [2.24, 2.45) is 11.8 Å². The Bertz CT molecular complexity index is 577. The summed E-state index contributed by atoms with van der Waals surface area (Å²) >= 11 is 0. The monoisotopic (exact) mass is 431 g/mol. The Morgan fingerprint density at radius 1 is 1.25 bits per heavy atom. The maximum Gasteiger partial charge on any atom is 0.220 e. The van der Waals surface area contributed by atoms with E-state index in [1.54, 1.807) is 0 Å². The minimum absolute atomic E-state index is 0. The molecule has 0 spiro atoms. The number of rotatable bonds is 7. The number of carbonyl (C=O) groups is 1. The van der Waals surface area contributed by atoms with E-state index >= 15 is 0 Å². The first-order chi connectivity index (χ1) is 12.7. The summed E-state index contributed by atoms with van der Waals surface area (Å²) in [5.74, 6) is 1.23. The topological polar surface area (TPSA) is 53.6 Å². The van der Waals surface area contributed by atoms with Crippen LogP contribution in [0.2, 0.25) is 0 Å². The highest BCUT2D eigenvalue weighted by molar-refractivity contribution is 5.85. The fourth-order valence-corrected chi connectivity index (χ4v) is 3.97. The number of benzene rings is 1. The minimum Gasteiger partial charge on any atom is -0.379 e. The number of nitrogens with one attached hydrogen (secondary N) is 2. The first-order valence-corrected chi connectivity index (χ1v) is 10.1. The van der Waals surface area contributed by atoms with Gasteiger partial charge in [-0.05, 0) is 48.9 Å². The van der Waals surface area contributed by atoms with Crippen LogP contribution in [0.25, 0.3) is 0 Å². The number of morpholine rings is 1. The second-order valence-corrected chi connectivity index (χ2v) is 7.72. The van der Waals surface area contributed by atoms with E-state index in [9.17, 15) is 4.79 Å². The molecule has 2 heterocycles. The summed E-state index contributed by atoms with van der Waals surface area (Å²) in [7, 11) is 0. The lowest BCUT2D eigenvalue weighted by molar-refractivity contribution is -0.122. The largest absolute Gasteiger partial charge is 0.379 e. The summed E-state index contributed by atoms with van der Waals surface area (Å²) in [6.45, 7) is 9.52. The summed E-state index contributed by atoms with van der Waals surface area (Å²) in [6, 6.07) is 8.44. The highest BCUT2D eigenvalue weighted by atomic mass is 35.5. The average Bonchev–Trinajstić information content (AvgIpc) is 2.69. The zero-order chi connectivity index (χ0) is 18.2. The van der Waals surface area contributed by atoms with Gasteiger partial charge in [0.25, 0.3) is 0 Å². The zero-order valence-corrected chi connectivity index (χ0v) is 18.5. The molecule has 0 bridgehead atoms. The van der Waals surface area contributed by atoms with Crippen molar-refractivity contribution in [3.05, 3.63) is 35.4 Å². The first kappa shape index (κ1) is 25.2. The van der Waals surface area contributed by atoms with Gasteiger partial charge in [0.05, 0.1) is 13.2 Å². The van der Waals surface area contributed by atoms with Gasteiger partial charge < -0.3 is 15.4 Å². The van der Waals surface area contributed by atoms with Gasteiger partial charge in [0.1, 0.15) is 0 Å². The number of hydrogen-bond acceptors (Lipinski definition) is 4. The SMILES string of the molecule is CC(CC(=O)NCc1ccccc1CN1CCOCC1)C1CCCNC1.Cl.Cl. The lowest BCUT2D eigenvalue weighted by atomic mass is 9.85. The molecule has 2 atom stereocenters. The smallest absolute Gasteiger partial charge is 0.220 e. The predicted octanol–water partition coefficient (Wildman–Crippen LogP) is 3.00. The summed E-state index contributed by atoms with van der Waals surface area (Å²) in [5.41, 5.74) is 2.53. The molecule has 0 aliphatic carbocycles. The number of halogens is 2. The average molecular weight is 432 g/mol. The van der Waals surface area contributed by atoms with Crippen molar-refractivity contribution < 1.29 is 9.53 Å². The van der Waals surface area contributed by atoms with Crippen molar-refractivity contribution in [1.82, 2.24) is 15.5 Å². The zero-order valence-electron chi connectivity index (χ0n) is 16.8. The van der Waals surface area contributed by atoms with Crippen LogP contribution in [0.4, 0.5) is 0 Å². The Balaban J connectivity index is 0.00000196. The molecule has 160 valence electrons. The number of carbonyl (C=O) groups excluding carboxylic acids is 1. The second-order valence-electron chi connectivity index (χ2n) is 7.72. The second kappa shape index (κ2) is 13.4. The van der Waals surface area contributed by atoms with Gasteiger partial charge in [-0.1, -0.05) is 31.2 Å². The van der Waals surface area contributed by atoms with E-state index in [-0.39, 0.29) is 30.7 Å². The third-order valence-electron chi connectivity index (χ3n) is 5.74. The third kappa shape index (κ3) is 7.88. The molecule has 2 aliphatic rings. The number of nitrogens with zero attached hydrogens (tertiary/aromatic N) is 1. The molecule has 5 nitrogen and oxygen atoms in total. The molecule has 3 rings (SSSR count). The van der Waals surface area contributed by atoms with E-state index in [1.165, 1.54) is 24.0 Å². The molecule has 7 heteroatoms. The fraction of sp³-hybridized carbons (Fsp3) is 0.667. The van der Waals surface area contributed by atoms with E-state index in [1.807, 2.05) is 0 Å². The number of piperidine rings is 1. The van der Waals surface area contributed by atoms with Crippen molar-refractivity contribution in [2.75, 3.05) is 39.4 Å². The van der Waals surface area contributed by atoms with Gasteiger partial charge in [0.2, 0.25) is 5.91 Å². The molecule has 2 saturated heterocycles. The summed E-state index contributed by atoms with van der Waals surface area (Å²) in [4.78, 5) is 14.8. The highest BCUT2D eigenvalue weighted by Crippen LogP contribution is 2.22. The normalized spacial score (nSPS) is 21.1. The molecule has 2 fully saturated rings. The van der Waals surface area contributed by atoms with Crippen LogP contribution in [0, 0.1) is 11.8 Å². The summed E-state index contributed by atoms with van der Waals surface area (Å²) in [6.07, 6.45) is 3.09. The number of hydrogen-bond donors (Lipinski definition) is 2. The Morgan fingerprint density at radius 2 is 1.96 bits per heavy atom. The van der Waals surface area contributed by atoms with Crippen LogP contribution >= 0.6 is 24.8 Å². The van der Waals surface area contributed by atoms with Crippen LogP contribution < -0.4 is 10.6 Å². The van der Waals surface area contributed by atoms with Gasteiger partial charge in [0.15, 0.2) is 0 Å². The number of amides is 1. The molecule has 2 N–H and O–H groups in total. The Hall–Kier alpha value is -0.850. The van der Waals surface area contributed by atoms with Gasteiger partial charge in [-0.3, -0.25) is 9.69 Å². The van der Waals surface area contributed by atoms with Crippen LogP contribution in [-0.2, 0) is 22.6 Å². The predicted molar refractivity (Wildman–Crippen MR) is 118 cm³/mol. The van der Waals surface area contributed by atoms with E-state index in [0.29, 0.717) is 24.8 Å². The molecular weight excluding hydrogens is 397 g/mol. The molecule has 0 saturated carbocycles. The third-order valence-corrected chi connectivity index (χ3v) is 5.74. The molecule has 1 aromatic rings. The molecule has 2 aliphatic heterocycles. The van der Waals surface area contributed by atoms with E-state index < -0.39 is 0 Å². The van der Waals surface area contributed by atoms with Crippen LogP contribution in [0.3, 0.4) is 0 Å². The maximum atomic E-state index is 12.4. The van der Waals surface area contributed by atoms with E-state index in [2.05, 4.69) is 46.7 Å². The number of ether oxygens (including phenoxy) is 1. The molecule has 28 heavy (non-hydrogen) atoms. The summed E-state index contributed by atoms with van der Waals surface area (Å²) in [5, 5.41) is 6.59. The highest BCUT2D eigenvalue weighted by Gasteiger charge is 2.22. The van der Waals surface area contributed by atoms with Gasteiger partial charge in [-0.15, -0.1) is 24.8 Å². The van der Waals surface area contributed by atoms with Crippen molar-refractivity contribution in [3.8, 4) is 0 Å². The van der Waals surface area contributed by atoms with Gasteiger partial charge in [-0.25, -0.2) is 0 Å². The molecule has 1 aromatic carbocycles. The van der Waals surface area contributed by atoms with Crippen LogP contribution in [0.5, 0.6) is 0 Å². The van der Waals surface area contributed by atoms with Crippen molar-refractivity contribution in [2.45, 2.75) is 39.3 Å². The van der Waals surface area contributed by atoms with Gasteiger partial charge in [-0.2, -0.15) is 0 Å². The maximum absolute atomic E-state index is 12.4. The van der Waals surface area contributed by atoms with Gasteiger partial charge >= 0.3 is 0 Å². The lowest BCUT2D eigenvalue weighted by Gasteiger charge is -2.28. The minimum atomic E-state index is 0. The Kier molecular flexibility index (Phi) is 12.0. The van der Waals surface area contributed by atoms with Crippen LogP contribution in [0.15, 0.2) is 24.3 Å². The molecule has 1 amide bonds. The van der Waals surface area contributed by atoms with Crippen LogP contribution in [-0.4, -0.2) is 50.2 Å². The van der Waals surface area contributed by atoms with Crippen molar-refractivity contribution in [3.63, 3.8) is 0 Å².